The first-order chi connectivity index (χ1) is 7.56. The number of nitro benzene ring substituents is 1. The summed E-state index contributed by atoms with van der Waals surface area (Å²) in [5.41, 5.74) is 5.70. The molecule has 0 saturated heterocycles. The summed E-state index contributed by atoms with van der Waals surface area (Å²) in [6, 6.07) is 4.88. The minimum atomic E-state index is -0.469. The number of aliphatic hydroxyl groups is 1. The van der Waals surface area contributed by atoms with Crippen molar-refractivity contribution < 1.29 is 10.0 Å². The van der Waals surface area contributed by atoms with Crippen LogP contribution in [0.1, 0.15) is 13.3 Å². The van der Waals surface area contributed by atoms with Crippen molar-refractivity contribution in [2.45, 2.75) is 23.5 Å². The van der Waals surface area contributed by atoms with Gasteiger partial charge in [-0.2, -0.15) is 0 Å². The lowest BCUT2D eigenvalue weighted by Crippen LogP contribution is -2.02. The molecule has 5 nitrogen and oxygen atoms in total. The Bertz CT molecular complexity index is 384. The molecule has 0 saturated carbocycles. The van der Waals surface area contributed by atoms with Gasteiger partial charge in [-0.3, -0.25) is 10.1 Å². The molecule has 0 radical (unpaired) electrons. The van der Waals surface area contributed by atoms with Gasteiger partial charge in [-0.1, -0.05) is 13.0 Å². The summed E-state index contributed by atoms with van der Waals surface area (Å²) in [7, 11) is 0. The number of nitro groups is 1. The molecule has 0 bridgehead atoms. The minimum Gasteiger partial charge on any atom is -0.396 e. The van der Waals surface area contributed by atoms with E-state index >= 15 is 0 Å². The second-order valence-corrected chi connectivity index (χ2v) is 4.87. The first kappa shape index (κ1) is 12.8. The van der Waals surface area contributed by atoms with E-state index in [9.17, 15) is 10.1 Å². The Morgan fingerprint density at radius 3 is 2.88 bits per heavy atom. The molecule has 0 spiro atoms. The molecule has 16 heavy (non-hydrogen) atoms. The first-order valence-electron chi connectivity index (χ1n) is 4.86. The summed E-state index contributed by atoms with van der Waals surface area (Å²) in [5.74, 6) is 0. The van der Waals surface area contributed by atoms with Gasteiger partial charge in [0.25, 0.3) is 0 Å². The number of nitrogens with zero attached hydrogens (tertiary/aromatic N) is 1. The van der Waals surface area contributed by atoms with Crippen LogP contribution >= 0.6 is 11.8 Å². The van der Waals surface area contributed by atoms with E-state index in [0.29, 0.717) is 11.3 Å². The number of nitrogen functional groups attached to an aromatic ring is 1. The van der Waals surface area contributed by atoms with Gasteiger partial charge in [-0.05, 0) is 18.6 Å². The lowest BCUT2D eigenvalue weighted by atomic mass is 10.3. The lowest BCUT2D eigenvalue weighted by Gasteiger charge is -2.10. The number of anilines is 1. The van der Waals surface area contributed by atoms with Crippen LogP contribution in [0.25, 0.3) is 0 Å². The third kappa shape index (κ3) is 3.11. The van der Waals surface area contributed by atoms with Gasteiger partial charge in [-0.15, -0.1) is 11.8 Å². The minimum absolute atomic E-state index is 0.0442. The zero-order chi connectivity index (χ0) is 12.1. The molecule has 0 fully saturated rings. The van der Waals surface area contributed by atoms with Crippen molar-refractivity contribution in [3.8, 4) is 0 Å². The number of hydrogen-bond donors (Lipinski definition) is 2. The normalized spacial score (nSPS) is 12.4. The zero-order valence-corrected chi connectivity index (χ0v) is 9.74. The van der Waals surface area contributed by atoms with Gasteiger partial charge in [-0.25, -0.2) is 0 Å². The molecule has 1 aromatic carbocycles. The molecular weight excluding hydrogens is 228 g/mol. The molecule has 0 aliphatic carbocycles. The second-order valence-electron chi connectivity index (χ2n) is 3.39. The van der Waals surface area contributed by atoms with Gasteiger partial charge >= 0.3 is 5.69 Å². The van der Waals surface area contributed by atoms with Crippen LogP contribution in [0.4, 0.5) is 11.4 Å². The maximum Gasteiger partial charge on any atom is 0.305 e. The van der Waals surface area contributed by atoms with Crippen LogP contribution in [0.5, 0.6) is 0 Å². The molecule has 1 unspecified atom stereocenters. The van der Waals surface area contributed by atoms with Crippen LogP contribution in [0.15, 0.2) is 23.1 Å². The summed E-state index contributed by atoms with van der Waals surface area (Å²) < 4.78 is 0. The molecule has 1 atom stereocenters. The van der Waals surface area contributed by atoms with E-state index in [4.69, 9.17) is 10.8 Å². The predicted molar refractivity (Wildman–Crippen MR) is 64.5 cm³/mol. The Kier molecular flexibility index (Phi) is 4.57. The summed E-state index contributed by atoms with van der Waals surface area (Å²) in [4.78, 5) is 10.9. The van der Waals surface area contributed by atoms with Gasteiger partial charge in [0, 0.05) is 11.9 Å². The highest BCUT2D eigenvalue weighted by molar-refractivity contribution is 8.00. The van der Waals surface area contributed by atoms with Crippen molar-refractivity contribution in [1.29, 1.82) is 0 Å². The van der Waals surface area contributed by atoms with Crippen molar-refractivity contribution >= 4 is 23.1 Å². The molecule has 1 rings (SSSR count). The summed E-state index contributed by atoms with van der Waals surface area (Å²) in [6.45, 7) is 1.98. The zero-order valence-electron chi connectivity index (χ0n) is 8.92. The molecule has 0 amide bonds. The van der Waals surface area contributed by atoms with Crippen molar-refractivity contribution in [2.75, 3.05) is 12.3 Å². The molecular formula is C10H14N2O3S. The van der Waals surface area contributed by atoms with Crippen LogP contribution in [-0.2, 0) is 0 Å². The number of nitrogens with two attached hydrogens (primary N) is 1. The van der Waals surface area contributed by atoms with Gasteiger partial charge in [0.15, 0.2) is 0 Å². The van der Waals surface area contributed by atoms with Gasteiger partial charge in [0.1, 0.15) is 5.69 Å². The Hall–Kier alpha value is -1.27. The third-order valence-corrected chi connectivity index (χ3v) is 3.30. The van der Waals surface area contributed by atoms with Crippen LogP contribution in [0.2, 0.25) is 0 Å². The first-order valence-corrected chi connectivity index (χ1v) is 5.74. The monoisotopic (exact) mass is 242 g/mol. The number of hydrogen-bond acceptors (Lipinski definition) is 5. The van der Waals surface area contributed by atoms with Crippen molar-refractivity contribution in [2.24, 2.45) is 0 Å². The van der Waals surface area contributed by atoms with Crippen molar-refractivity contribution in [3.63, 3.8) is 0 Å². The average molecular weight is 242 g/mol. The number of para-hydroxylation sites is 1. The van der Waals surface area contributed by atoms with E-state index in [-0.39, 0.29) is 23.2 Å². The molecule has 88 valence electrons. The summed E-state index contributed by atoms with van der Waals surface area (Å²) in [5, 5.41) is 19.7. The molecule has 0 heterocycles. The second kappa shape index (κ2) is 5.72. The van der Waals surface area contributed by atoms with Crippen LogP contribution in [0, 0.1) is 10.1 Å². The van der Waals surface area contributed by atoms with E-state index < -0.39 is 4.92 Å². The van der Waals surface area contributed by atoms with E-state index in [0.717, 1.165) is 0 Å². The summed E-state index contributed by atoms with van der Waals surface area (Å²) in [6.07, 6.45) is 0.594. The molecule has 1 aromatic rings. The topological polar surface area (TPSA) is 89.4 Å². The predicted octanol–water partition coefficient (Wildman–Crippen LogP) is 2.04. The number of rotatable bonds is 5. The molecule has 0 aliphatic rings. The maximum atomic E-state index is 10.8. The Balaban J connectivity index is 2.95. The highest BCUT2D eigenvalue weighted by Crippen LogP contribution is 2.36. The van der Waals surface area contributed by atoms with E-state index in [1.807, 2.05) is 6.92 Å². The fourth-order valence-electron chi connectivity index (χ4n) is 1.29. The van der Waals surface area contributed by atoms with Crippen LogP contribution in [0.3, 0.4) is 0 Å². The van der Waals surface area contributed by atoms with Gasteiger partial charge in [0.05, 0.1) is 9.82 Å². The Morgan fingerprint density at radius 2 is 2.31 bits per heavy atom. The molecule has 3 N–H and O–H groups in total. The highest BCUT2D eigenvalue weighted by Gasteiger charge is 2.19. The molecule has 0 aromatic heterocycles. The third-order valence-electron chi connectivity index (χ3n) is 2.08. The Labute approximate surface area is 97.8 Å². The fourth-order valence-corrected chi connectivity index (χ4v) is 2.41. The van der Waals surface area contributed by atoms with Gasteiger partial charge in [0.2, 0.25) is 0 Å². The van der Waals surface area contributed by atoms with E-state index in [2.05, 4.69) is 0 Å². The average Bonchev–Trinajstić information content (AvgIpc) is 2.17. The Morgan fingerprint density at radius 1 is 1.62 bits per heavy atom. The van der Waals surface area contributed by atoms with Crippen molar-refractivity contribution in [1.82, 2.24) is 0 Å². The van der Waals surface area contributed by atoms with Crippen molar-refractivity contribution in [3.05, 3.63) is 28.3 Å². The lowest BCUT2D eigenvalue weighted by molar-refractivity contribution is -0.386. The fraction of sp³-hybridized carbons (Fsp3) is 0.400. The van der Waals surface area contributed by atoms with E-state index in [1.54, 1.807) is 12.1 Å². The maximum absolute atomic E-state index is 10.8. The number of thioether (sulfide) groups is 1. The number of benzene rings is 1. The quantitative estimate of drug-likeness (QED) is 0.357. The van der Waals surface area contributed by atoms with E-state index in [1.165, 1.54) is 17.8 Å². The largest absolute Gasteiger partial charge is 0.396 e. The number of aliphatic hydroxyl groups excluding tert-OH is 1. The highest BCUT2D eigenvalue weighted by atomic mass is 32.2. The molecule has 6 heteroatoms. The van der Waals surface area contributed by atoms with Gasteiger partial charge < -0.3 is 10.8 Å². The summed E-state index contributed by atoms with van der Waals surface area (Å²) >= 11 is 1.36. The smallest absolute Gasteiger partial charge is 0.305 e. The van der Waals surface area contributed by atoms with Crippen LogP contribution in [-0.4, -0.2) is 21.9 Å². The van der Waals surface area contributed by atoms with Crippen LogP contribution < -0.4 is 5.73 Å². The molecule has 0 aliphatic heterocycles. The SMILES string of the molecule is CC(CCO)Sc1cccc(N)c1[N+](=O)[O-]. The standard InChI is InChI=1S/C10H14N2O3S/c1-7(5-6-13)16-9-4-2-3-8(11)10(9)12(14)15/h2-4,7,13H,5-6,11H2,1H3.